The summed E-state index contributed by atoms with van der Waals surface area (Å²) in [6.07, 6.45) is 13.1. The maximum atomic E-state index is 5.97. The van der Waals surface area contributed by atoms with Crippen LogP contribution in [0.15, 0.2) is 34.9 Å². The smallest absolute Gasteiger partial charge is 0.0405 e. The van der Waals surface area contributed by atoms with Gasteiger partial charge in [0.2, 0.25) is 0 Å². The standard InChI is InChI=1S/C11H15Cl/c1-2-10-7-5-3-4-6-8-11(12)9-10/h6-9H,2-5H2,1H3/b8-6+,10-7-,11-9+. The van der Waals surface area contributed by atoms with E-state index in [0.29, 0.717) is 0 Å². The SMILES string of the molecule is CCC1=C/CCC/C=C/C(Cl)=C\1. The summed E-state index contributed by atoms with van der Waals surface area (Å²) in [4.78, 5) is 0. The summed E-state index contributed by atoms with van der Waals surface area (Å²) in [5.74, 6) is 0. The van der Waals surface area contributed by atoms with Gasteiger partial charge >= 0.3 is 0 Å². The average Bonchev–Trinajstić information content (AvgIpc) is 2.16. The first kappa shape index (κ1) is 9.60. The van der Waals surface area contributed by atoms with Crippen molar-refractivity contribution in [2.75, 3.05) is 0 Å². The second-order valence-corrected chi connectivity index (χ2v) is 3.43. The van der Waals surface area contributed by atoms with Crippen molar-refractivity contribution in [2.45, 2.75) is 32.6 Å². The molecule has 0 saturated carbocycles. The maximum Gasteiger partial charge on any atom is 0.0405 e. The van der Waals surface area contributed by atoms with Crippen LogP contribution in [0.4, 0.5) is 0 Å². The van der Waals surface area contributed by atoms with E-state index in [1.807, 2.05) is 6.08 Å². The normalized spacial score (nSPS) is 30.2. The van der Waals surface area contributed by atoms with Crippen LogP contribution in [-0.4, -0.2) is 0 Å². The van der Waals surface area contributed by atoms with Gasteiger partial charge in [-0.3, -0.25) is 0 Å². The highest BCUT2D eigenvalue weighted by Gasteiger charge is 1.94. The Hall–Kier alpha value is -0.490. The summed E-state index contributed by atoms with van der Waals surface area (Å²) >= 11 is 5.97. The maximum absolute atomic E-state index is 5.97. The minimum Gasteiger partial charge on any atom is -0.0843 e. The van der Waals surface area contributed by atoms with Crippen molar-refractivity contribution in [2.24, 2.45) is 0 Å². The predicted octanol–water partition coefficient (Wildman–Crippen LogP) is 4.19. The highest BCUT2D eigenvalue weighted by Crippen LogP contribution is 2.15. The van der Waals surface area contributed by atoms with E-state index in [9.17, 15) is 0 Å². The summed E-state index contributed by atoms with van der Waals surface area (Å²) in [5.41, 5.74) is 1.35. The molecule has 0 bridgehead atoms. The van der Waals surface area contributed by atoms with Gasteiger partial charge < -0.3 is 0 Å². The highest BCUT2D eigenvalue weighted by molar-refractivity contribution is 6.31. The molecule has 1 heteroatoms. The van der Waals surface area contributed by atoms with Crippen molar-refractivity contribution in [3.8, 4) is 0 Å². The predicted molar refractivity (Wildman–Crippen MR) is 55.3 cm³/mol. The Morgan fingerprint density at radius 3 is 3.00 bits per heavy atom. The Balaban J connectivity index is 2.76. The van der Waals surface area contributed by atoms with Gasteiger partial charge in [0.1, 0.15) is 0 Å². The second kappa shape index (κ2) is 5.21. The van der Waals surface area contributed by atoms with Crippen LogP contribution < -0.4 is 0 Å². The summed E-state index contributed by atoms with van der Waals surface area (Å²) < 4.78 is 0. The van der Waals surface area contributed by atoms with Gasteiger partial charge in [-0.05, 0) is 37.8 Å². The summed E-state index contributed by atoms with van der Waals surface area (Å²) in [5, 5.41) is 0.852. The molecule has 0 radical (unpaired) electrons. The monoisotopic (exact) mass is 182 g/mol. The molecule has 0 aliphatic heterocycles. The molecular weight excluding hydrogens is 168 g/mol. The van der Waals surface area contributed by atoms with Crippen molar-refractivity contribution >= 4 is 11.6 Å². The minimum atomic E-state index is 0.852. The Bertz CT molecular complexity index is 221. The molecule has 0 N–H and O–H groups in total. The third-order valence-corrected chi connectivity index (χ3v) is 2.23. The van der Waals surface area contributed by atoms with E-state index in [0.717, 1.165) is 17.9 Å². The van der Waals surface area contributed by atoms with Crippen LogP contribution in [0.5, 0.6) is 0 Å². The average molecular weight is 183 g/mol. The van der Waals surface area contributed by atoms with Gasteiger partial charge in [-0.1, -0.05) is 36.2 Å². The Morgan fingerprint density at radius 1 is 1.42 bits per heavy atom. The van der Waals surface area contributed by atoms with Gasteiger partial charge in [-0.15, -0.1) is 0 Å². The molecule has 1 rings (SSSR count). The second-order valence-electron chi connectivity index (χ2n) is 3.00. The molecule has 0 fully saturated rings. The first-order valence-corrected chi connectivity index (χ1v) is 4.93. The van der Waals surface area contributed by atoms with Crippen LogP contribution in [0.25, 0.3) is 0 Å². The zero-order chi connectivity index (χ0) is 8.81. The summed E-state index contributed by atoms with van der Waals surface area (Å²) in [6.45, 7) is 2.16. The molecule has 0 amide bonds. The number of hydrogen-bond acceptors (Lipinski definition) is 0. The first-order valence-electron chi connectivity index (χ1n) is 4.55. The molecule has 0 aromatic carbocycles. The van der Waals surface area contributed by atoms with Gasteiger partial charge in [-0.25, -0.2) is 0 Å². The molecule has 1 aliphatic rings. The van der Waals surface area contributed by atoms with Gasteiger partial charge in [0.25, 0.3) is 0 Å². The Labute approximate surface area is 79.6 Å². The van der Waals surface area contributed by atoms with Gasteiger partial charge in [-0.2, -0.15) is 0 Å². The first-order chi connectivity index (χ1) is 5.83. The fourth-order valence-corrected chi connectivity index (χ4v) is 1.48. The van der Waals surface area contributed by atoms with E-state index in [4.69, 9.17) is 11.6 Å². The molecule has 0 aromatic rings. The van der Waals surface area contributed by atoms with Crippen molar-refractivity contribution < 1.29 is 0 Å². The topological polar surface area (TPSA) is 0 Å². The van der Waals surface area contributed by atoms with Crippen LogP contribution in [0.3, 0.4) is 0 Å². The Kier molecular flexibility index (Phi) is 4.16. The number of allylic oxidation sites excluding steroid dienone is 6. The van der Waals surface area contributed by atoms with Crippen LogP contribution in [0.1, 0.15) is 32.6 Å². The zero-order valence-electron chi connectivity index (χ0n) is 7.52. The summed E-state index contributed by atoms with van der Waals surface area (Å²) in [6, 6.07) is 0. The van der Waals surface area contributed by atoms with Crippen LogP contribution in [0.2, 0.25) is 0 Å². The van der Waals surface area contributed by atoms with E-state index >= 15 is 0 Å². The number of rotatable bonds is 1. The lowest BCUT2D eigenvalue weighted by Gasteiger charge is -1.96. The van der Waals surface area contributed by atoms with E-state index < -0.39 is 0 Å². The van der Waals surface area contributed by atoms with E-state index in [-0.39, 0.29) is 0 Å². The van der Waals surface area contributed by atoms with Crippen molar-refractivity contribution in [3.63, 3.8) is 0 Å². The van der Waals surface area contributed by atoms with Crippen molar-refractivity contribution in [1.29, 1.82) is 0 Å². The van der Waals surface area contributed by atoms with E-state index in [2.05, 4.69) is 25.2 Å². The molecule has 0 spiro atoms. The summed E-state index contributed by atoms with van der Waals surface area (Å²) in [7, 11) is 0. The Morgan fingerprint density at radius 2 is 2.25 bits per heavy atom. The van der Waals surface area contributed by atoms with Crippen molar-refractivity contribution in [3.05, 3.63) is 34.9 Å². The van der Waals surface area contributed by atoms with Crippen LogP contribution in [-0.2, 0) is 0 Å². The molecular formula is C11H15Cl. The van der Waals surface area contributed by atoms with E-state index in [1.165, 1.54) is 18.4 Å². The van der Waals surface area contributed by atoms with Crippen LogP contribution >= 0.6 is 11.6 Å². The van der Waals surface area contributed by atoms with E-state index in [1.54, 1.807) is 0 Å². The molecule has 1 aliphatic carbocycles. The molecule has 0 saturated heterocycles. The molecule has 0 aromatic heterocycles. The number of hydrogen-bond donors (Lipinski definition) is 0. The van der Waals surface area contributed by atoms with Gasteiger partial charge in [0, 0.05) is 5.03 Å². The minimum absolute atomic E-state index is 0.852. The lowest BCUT2D eigenvalue weighted by atomic mass is 10.1. The van der Waals surface area contributed by atoms with Crippen LogP contribution in [0, 0.1) is 0 Å². The molecule has 66 valence electrons. The third-order valence-electron chi connectivity index (χ3n) is 1.99. The number of halogens is 1. The molecule has 0 atom stereocenters. The molecule has 0 nitrogen and oxygen atoms in total. The molecule has 0 unspecified atom stereocenters. The van der Waals surface area contributed by atoms with Gasteiger partial charge in [0.15, 0.2) is 0 Å². The fraction of sp³-hybridized carbons (Fsp3) is 0.455. The zero-order valence-corrected chi connectivity index (χ0v) is 8.27. The molecule has 12 heavy (non-hydrogen) atoms. The van der Waals surface area contributed by atoms with Crippen molar-refractivity contribution in [1.82, 2.24) is 0 Å². The lowest BCUT2D eigenvalue weighted by Crippen LogP contribution is -1.76. The largest absolute Gasteiger partial charge is 0.0843 e. The molecule has 0 heterocycles. The van der Waals surface area contributed by atoms with Gasteiger partial charge in [0.05, 0.1) is 0 Å². The lowest BCUT2D eigenvalue weighted by molar-refractivity contribution is 0.862. The quantitative estimate of drug-likeness (QED) is 0.571. The highest BCUT2D eigenvalue weighted by atomic mass is 35.5. The fourth-order valence-electron chi connectivity index (χ4n) is 1.25. The third kappa shape index (κ3) is 3.27.